The van der Waals surface area contributed by atoms with Crippen LogP contribution in [-0.4, -0.2) is 40.0 Å². The van der Waals surface area contributed by atoms with Gasteiger partial charge in [0.1, 0.15) is 11.4 Å². The molecule has 0 aliphatic carbocycles. The lowest BCUT2D eigenvalue weighted by atomic mass is 10.1. The molecule has 11 nitrogen and oxygen atoms in total. The van der Waals surface area contributed by atoms with Gasteiger partial charge in [0.15, 0.2) is 5.13 Å². The third-order valence-electron chi connectivity index (χ3n) is 6.86. The van der Waals surface area contributed by atoms with Crippen molar-refractivity contribution in [3.05, 3.63) is 135 Å². The van der Waals surface area contributed by atoms with Gasteiger partial charge in [-0.05, 0) is 91.4 Å². The number of anilines is 2. The van der Waals surface area contributed by atoms with Crippen molar-refractivity contribution in [1.29, 1.82) is 0 Å². The van der Waals surface area contributed by atoms with Gasteiger partial charge >= 0.3 is 0 Å². The lowest BCUT2D eigenvalue weighted by Gasteiger charge is -2.13. The minimum absolute atomic E-state index is 0.0567. The standard InChI is InChI=1S/C35H29N5O6S2/c1-22(32(41)39-35-38-31(21-47-35)24-10-16-28(46-2)17-11-24)48-29-18-12-26(13-19-29)36-34(43)30(37-33(42)25-6-4-3-5-7-25)20-23-8-14-27(15-9-23)40(44)45/h3-22H,1-2H3,(H,36,43)(H,37,42)(H,38,39,41)/b30-20-. The summed E-state index contributed by atoms with van der Waals surface area (Å²) in [6, 6.07) is 28.5. The number of ether oxygens (including phenoxy) is 1. The SMILES string of the molecule is COc1ccc(-c2csc(NC(=O)C(C)Sc3ccc(NC(=O)/C(=C/c4ccc([N+](=O)[O-])cc4)NC(=O)c4ccccc4)cc3)n2)cc1. The summed E-state index contributed by atoms with van der Waals surface area (Å²) in [5, 5.41) is 21.3. The van der Waals surface area contributed by atoms with Crippen LogP contribution in [0.4, 0.5) is 16.5 Å². The number of benzene rings is 4. The third-order valence-corrected chi connectivity index (χ3v) is 8.73. The van der Waals surface area contributed by atoms with Gasteiger partial charge in [0, 0.05) is 39.2 Å². The summed E-state index contributed by atoms with van der Waals surface area (Å²) in [5.74, 6) is -0.545. The van der Waals surface area contributed by atoms with Gasteiger partial charge in [0.05, 0.1) is 23.0 Å². The topological polar surface area (TPSA) is 153 Å². The average molecular weight is 680 g/mol. The van der Waals surface area contributed by atoms with E-state index in [1.54, 1.807) is 68.6 Å². The van der Waals surface area contributed by atoms with Crippen molar-refractivity contribution in [3.63, 3.8) is 0 Å². The number of hydrogen-bond donors (Lipinski definition) is 3. The van der Waals surface area contributed by atoms with Crippen molar-refractivity contribution in [3.8, 4) is 17.0 Å². The van der Waals surface area contributed by atoms with Gasteiger partial charge in [0.25, 0.3) is 17.5 Å². The van der Waals surface area contributed by atoms with Crippen molar-refractivity contribution >= 4 is 63.4 Å². The maximum absolute atomic E-state index is 13.3. The number of hydrogen-bond acceptors (Lipinski definition) is 9. The molecule has 0 spiro atoms. The number of methoxy groups -OCH3 is 1. The number of thioether (sulfide) groups is 1. The molecule has 0 aliphatic rings. The van der Waals surface area contributed by atoms with E-state index in [4.69, 9.17) is 4.74 Å². The summed E-state index contributed by atoms with van der Waals surface area (Å²) in [6.45, 7) is 1.79. The first-order valence-electron chi connectivity index (χ1n) is 14.5. The molecule has 13 heteroatoms. The van der Waals surface area contributed by atoms with Crippen LogP contribution in [0.2, 0.25) is 0 Å². The van der Waals surface area contributed by atoms with Crippen LogP contribution >= 0.6 is 23.1 Å². The van der Waals surface area contributed by atoms with E-state index in [1.165, 1.54) is 53.4 Å². The Morgan fingerprint density at radius 2 is 1.60 bits per heavy atom. The fourth-order valence-electron chi connectivity index (χ4n) is 4.31. The zero-order chi connectivity index (χ0) is 34.0. The molecular weight excluding hydrogens is 651 g/mol. The molecular formula is C35H29N5O6S2. The third kappa shape index (κ3) is 8.93. The fraction of sp³-hybridized carbons (Fsp3) is 0.0857. The van der Waals surface area contributed by atoms with Crippen LogP contribution in [0.1, 0.15) is 22.8 Å². The number of thiazole rings is 1. The van der Waals surface area contributed by atoms with Crippen LogP contribution in [0.3, 0.4) is 0 Å². The van der Waals surface area contributed by atoms with Crippen molar-refractivity contribution in [1.82, 2.24) is 10.3 Å². The quantitative estimate of drug-likeness (QED) is 0.0539. The van der Waals surface area contributed by atoms with Crippen molar-refractivity contribution in [2.24, 2.45) is 0 Å². The van der Waals surface area contributed by atoms with Crippen LogP contribution < -0.4 is 20.7 Å². The van der Waals surface area contributed by atoms with Crippen molar-refractivity contribution < 1.29 is 24.0 Å². The Balaban J connectivity index is 1.21. The summed E-state index contributed by atoms with van der Waals surface area (Å²) in [4.78, 5) is 55.0. The van der Waals surface area contributed by atoms with Crippen molar-refractivity contribution in [2.75, 3.05) is 17.7 Å². The molecule has 5 rings (SSSR count). The Hall–Kier alpha value is -5.79. The van der Waals surface area contributed by atoms with E-state index < -0.39 is 22.0 Å². The number of carbonyl (C=O) groups is 3. The van der Waals surface area contributed by atoms with Gasteiger partial charge in [-0.15, -0.1) is 23.1 Å². The molecule has 1 unspecified atom stereocenters. The zero-order valence-electron chi connectivity index (χ0n) is 25.7. The summed E-state index contributed by atoms with van der Waals surface area (Å²) < 4.78 is 5.20. The Bertz CT molecular complexity index is 1940. The van der Waals surface area contributed by atoms with Crippen LogP contribution in [0, 0.1) is 10.1 Å². The van der Waals surface area contributed by atoms with Gasteiger partial charge in [-0.3, -0.25) is 24.5 Å². The molecule has 48 heavy (non-hydrogen) atoms. The van der Waals surface area contributed by atoms with Gasteiger partial charge < -0.3 is 20.7 Å². The van der Waals surface area contributed by atoms with Gasteiger partial charge in [-0.2, -0.15) is 0 Å². The van der Waals surface area contributed by atoms with E-state index >= 15 is 0 Å². The second-order valence-corrected chi connectivity index (χ2v) is 12.5. The second-order valence-electron chi connectivity index (χ2n) is 10.2. The minimum Gasteiger partial charge on any atom is -0.497 e. The predicted molar refractivity (Wildman–Crippen MR) is 188 cm³/mol. The van der Waals surface area contributed by atoms with Gasteiger partial charge in [0.2, 0.25) is 5.91 Å². The predicted octanol–water partition coefficient (Wildman–Crippen LogP) is 7.26. The summed E-state index contributed by atoms with van der Waals surface area (Å²) >= 11 is 2.68. The molecule has 3 N–H and O–H groups in total. The van der Waals surface area contributed by atoms with E-state index in [-0.39, 0.29) is 17.3 Å². The Kier molecular flexibility index (Phi) is 11.0. The number of amides is 3. The molecule has 5 aromatic rings. The van der Waals surface area contributed by atoms with Crippen LogP contribution in [-0.2, 0) is 9.59 Å². The number of rotatable bonds is 12. The first-order valence-corrected chi connectivity index (χ1v) is 16.3. The van der Waals surface area contributed by atoms with Gasteiger partial charge in [-0.25, -0.2) is 4.98 Å². The molecule has 0 radical (unpaired) electrons. The van der Waals surface area contributed by atoms with E-state index in [1.807, 2.05) is 29.6 Å². The fourth-order valence-corrected chi connectivity index (χ4v) is 5.90. The molecule has 3 amide bonds. The zero-order valence-corrected chi connectivity index (χ0v) is 27.3. The Morgan fingerprint density at radius 1 is 0.917 bits per heavy atom. The lowest BCUT2D eigenvalue weighted by Crippen LogP contribution is -2.30. The highest BCUT2D eigenvalue weighted by atomic mass is 32.2. The monoisotopic (exact) mass is 679 g/mol. The average Bonchev–Trinajstić information content (AvgIpc) is 3.57. The normalized spacial score (nSPS) is 11.7. The Labute approximate surface area is 284 Å². The van der Waals surface area contributed by atoms with Crippen LogP contribution in [0.25, 0.3) is 17.3 Å². The van der Waals surface area contributed by atoms with Crippen molar-refractivity contribution in [2.45, 2.75) is 17.1 Å². The highest BCUT2D eigenvalue weighted by Gasteiger charge is 2.18. The molecule has 0 saturated heterocycles. The molecule has 1 atom stereocenters. The van der Waals surface area contributed by atoms with Crippen LogP contribution in [0.15, 0.2) is 119 Å². The smallest absolute Gasteiger partial charge is 0.272 e. The van der Waals surface area contributed by atoms with Gasteiger partial charge in [-0.1, -0.05) is 18.2 Å². The summed E-state index contributed by atoms with van der Waals surface area (Å²) in [6.07, 6.45) is 1.44. The molecule has 0 fully saturated rings. The highest BCUT2D eigenvalue weighted by molar-refractivity contribution is 8.00. The van der Waals surface area contributed by atoms with E-state index in [0.717, 1.165) is 21.9 Å². The number of carbonyl (C=O) groups excluding carboxylic acids is 3. The Morgan fingerprint density at radius 3 is 2.25 bits per heavy atom. The first kappa shape index (κ1) is 33.6. The first-order chi connectivity index (χ1) is 23.2. The summed E-state index contributed by atoms with van der Waals surface area (Å²) in [5.41, 5.74) is 2.80. The van der Waals surface area contributed by atoms with Crippen LogP contribution in [0.5, 0.6) is 5.75 Å². The highest BCUT2D eigenvalue weighted by Crippen LogP contribution is 2.29. The lowest BCUT2D eigenvalue weighted by molar-refractivity contribution is -0.384. The summed E-state index contributed by atoms with van der Waals surface area (Å²) in [7, 11) is 1.61. The van der Waals surface area contributed by atoms with E-state index in [2.05, 4.69) is 20.9 Å². The number of nitrogens with zero attached hydrogens (tertiary/aromatic N) is 2. The largest absolute Gasteiger partial charge is 0.497 e. The van der Waals surface area contributed by atoms with E-state index in [0.29, 0.717) is 21.9 Å². The maximum atomic E-state index is 13.3. The molecule has 242 valence electrons. The number of aromatic nitrogens is 1. The second kappa shape index (κ2) is 15.7. The molecule has 0 bridgehead atoms. The number of nitro groups is 1. The maximum Gasteiger partial charge on any atom is 0.272 e. The number of nitro benzene ring substituents is 1. The molecule has 4 aromatic carbocycles. The minimum atomic E-state index is -0.594. The molecule has 0 aliphatic heterocycles. The molecule has 1 heterocycles. The number of non-ortho nitro benzene ring substituents is 1. The number of nitrogens with one attached hydrogen (secondary N) is 3. The molecule has 0 saturated carbocycles. The van der Waals surface area contributed by atoms with E-state index in [9.17, 15) is 24.5 Å². The molecule has 1 aromatic heterocycles.